The third-order valence-electron chi connectivity index (χ3n) is 3.91. The first-order chi connectivity index (χ1) is 12.5. The van der Waals surface area contributed by atoms with E-state index in [1.54, 1.807) is 23.0 Å². The quantitative estimate of drug-likeness (QED) is 0.539. The first-order valence-electron chi connectivity index (χ1n) is 8.03. The molecule has 0 fully saturated rings. The number of nitrogens with zero attached hydrogens (tertiary/aromatic N) is 4. The zero-order chi connectivity index (χ0) is 18.7. The summed E-state index contributed by atoms with van der Waals surface area (Å²) in [4.78, 5) is 14.9. The molecule has 0 amide bonds. The number of benzene rings is 1. The molecule has 0 aliphatic heterocycles. The van der Waals surface area contributed by atoms with Crippen LogP contribution in [0.2, 0.25) is 0 Å². The fraction of sp³-hybridized carbons (Fsp3) is 0.222. The molecule has 1 N–H and O–H groups in total. The zero-order valence-electron chi connectivity index (χ0n) is 14.8. The van der Waals surface area contributed by atoms with E-state index in [2.05, 4.69) is 15.4 Å². The van der Waals surface area contributed by atoms with Crippen LogP contribution in [0.4, 0.5) is 11.4 Å². The minimum atomic E-state index is -0.468. The molecule has 2 heterocycles. The predicted octanol–water partition coefficient (Wildman–Crippen LogP) is 3.41. The summed E-state index contributed by atoms with van der Waals surface area (Å²) < 4.78 is 6.87. The fourth-order valence-electron chi connectivity index (χ4n) is 2.65. The van der Waals surface area contributed by atoms with E-state index in [4.69, 9.17) is 4.74 Å². The van der Waals surface area contributed by atoms with Gasteiger partial charge in [0.05, 0.1) is 17.7 Å². The molecule has 1 aromatic carbocycles. The van der Waals surface area contributed by atoms with Crippen molar-refractivity contribution in [2.75, 3.05) is 12.4 Å². The van der Waals surface area contributed by atoms with E-state index >= 15 is 0 Å². The number of anilines is 1. The van der Waals surface area contributed by atoms with E-state index in [0.29, 0.717) is 6.54 Å². The van der Waals surface area contributed by atoms with Gasteiger partial charge in [-0.25, -0.2) is 9.67 Å². The smallest absolute Gasteiger partial charge is 0.311 e. The molecular weight excluding hydrogens is 334 g/mol. The molecule has 0 radical (unpaired) electrons. The van der Waals surface area contributed by atoms with Crippen molar-refractivity contribution in [2.45, 2.75) is 20.4 Å². The molecule has 0 atom stereocenters. The van der Waals surface area contributed by atoms with Gasteiger partial charge in [-0.1, -0.05) is 6.07 Å². The number of ether oxygens (including phenoxy) is 1. The number of methoxy groups -OCH3 is 1. The predicted molar refractivity (Wildman–Crippen MR) is 97.8 cm³/mol. The van der Waals surface area contributed by atoms with Gasteiger partial charge >= 0.3 is 5.69 Å². The number of aryl methyl sites for hydroxylation is 2. The standard InChI is InChI=1S/C18H19N5O3/c1-12-8-13(2)22(21-12)18-7-4-14(11-20-18)10-19-15-5-6-16(23(24)25)17(9-15)26-3/h4-9,11,19H,10H2,1-3H3. The van der Waals surface area contributed by atoms with Gasteiger partial charge in [0.2, 0.25) is 0 Å². The largest absolute Gasteiger partial charge is 0.490 e. The zero-order valence-corrected chi connectivity index (χ0v) is 14.8. The Kier molecular flexibility index (Phi) is 4.83. The number of rotatable bonds is 6. The Labute approximate surface area is 150 Å². The molecule has 3 rings (SSSR count). The monoisotopic (exact) mass is 353 g/mol. The Bertz CT molecular complexity index is 934. The molecule has 134 valence electrons. The molecule has 0 saturated heterocycles. The van der Waals surface area contributed by atoms with Crippen LogP contribution in [0.25, 0.3) is 5.82 Å². The lowest BCUT2D eigenvalue weighted by Crippen LogP contribution is -2.04. The second kappa shape index (κ2) is 7.22. The lowest BCUT2D eigenvalue weighted by atomic mass is 10.2. The minimum Gasteiger partial charge on any atom is -0.490 e. The van der Waals surface area contributed by atoms with Crippen molar-refractivity contribution >= 4 is 11.4 Å². The Morgan fingerprint density at radius 2 is 2.04 bits per heavy atom. The average Bonchev–Trinajstić information content (AvgIpc) is 2.98. The lowest BCUT2D eigenvalue weighted by Gasteiger charge is -2.09. The summed E-state index contributed by atoms with van der Waals surface area (Å²) >= 11 is 0. The highest BCUT2D eigenvalue weighted by atomic mass is 16.6. The number of aromatic nitrogens is 3. The number of nitro groups is 1. The van der Waals surface area contributed by atoms with Crippen LogP contribution in [-0.4, -0.2) is 26.8 Å². The van der Waals surface area contributed by atoms with Crippen LogP contribution in [-0.2, 0) is 6.54 Å². The first-order valence-corrected chi connectivity index (χ1v) is 8.03. The molecule has 0 unspecified atom stereocenters. The molecule has 0 aliphatic carbocycles. The van der Waals surface area contributed by atoms with Gasteiger partial charge in [-0.3, -0.25) is 10.1 Å². The Morgan fingerprint density at radius 1 is 1.23 bits per heavy atom. The Balaban J connectivity index is 1.70. The molecular formula is C18H19N5O3. The van der Waals surface area contributed by atoms with Crippen LogP contribution in [0.1, 0.15) is 17.0 Å². The van der Waals surface area contributed by atoms with Crippen molar-refractivity contribution in [1.82, 2.24) is 14.8 Å². The Hall–Kier alpha value is -3.42. The topological polar surface area (TPSA) is 95.1 Å². The molecule has 26 heavy (non-hydrogen) atoms. The maximum absolute atomic E-state index is 10.9. The minimum absolute atomic E-state index is 0.0612. The second-order valence-corrected chi connectivity index (χ2v) is 5.86. The number of nitrogens with one attached hydrogen (secondary N) is 1. The van der Waals surface area contributed by atoms with Crippen LogP contribution >= 0.6 is 0 Å². The van der Waals surface area contributed by atoms with Crippen LogP contribution in [0, 0.1) is 24.0 Å². The fourth-order valence-corrected chi connectivity index (χ4v) is 2.65. The van der Waals surface area contributed by atoms with Crippen LogP contribution < -0.4 is 10.1 Å². The summed E-state index contributed by atoms with van der Waals surface area (Å²) in [5.74, 6) is 0.981. The van der Waals surface area contributed by atoms with E-state index in [1.165, 1.54) is 13.2 Å². The SMILES string of the molecule is COc1cc(NCc2ccc(-n3nc(C)cc3C)nc2)ccc1[N+](=O)[O-]. The normalized spacial score (nSPS) is 10.6. The summed E-state index contributed by atoms with van der Waals surface area (Å²) in [6.45, 7) is 4.46. The van der Waals surface area contributed by atoms with Gasteiger partial charge in [0, 0.05) is 36.3 Å². The van der Waals surface area contributed by atoms with Gasteiger partial charge in [-0.15, -0.1) is 0 Å². The summed E-state index contributed by atoms with van der Waals surface area (Å²) in [6.07, 6.45) is 1.78. The van der Waals surface area contributed by atoms with Gasteiger partial charge < -0.3 is 10.1 Å². The van der Waals surface area contributed by atoms with Gasteiger partial charge in [-0.05, 0) is 37.6 Å². The van der Waals surface area contributed by atoms with Crippen LogP contribution in [0.15, 0.2) is 42.6 Å². The maximum atomic E-state index is 10.9. The summed E-state index contributed by atoms with van der Waals surface area (Å²) in [6, 6.07) is 10.6. The van der Waals surface area contributed by atoms with Crippen molar-refractivity contribution in [2.24, 2.45) is 0 Å². The summed E-state index contributed by atoms with van der Waals surface area (Å²) in [5, 5.41) is 18.6. The van der Waals surface area contributed by atoms with Crippen molar-refractivity contribution in [1.29, 1.82) is 0 Å². The highest BCUT2D eigenvalue weighted by Gasteiger charge is 2.14. The van der Waals surface area contributed by atoms with Gasteiger partial charge in [-0.2, -0.15) is 5.10 Å². The summed E-state index contributed by atoms with van der Waals surface area (Å²) in [5.41, 5.74) is 3.62. The third-order valence-corrected chi connectivity index (χ3v) is 3.91. The molecule has 0 aliphatic rings. The van der Waals surface area contributed by atoms with Crippen molar-refractivity contribution < 1.29 is 9.66 Å². The molecule has 2 aromatic heterocycles. The van der Waals surface area contributed by atoms with Gasteiger partial charge in [0.15, 0.2) is 11.6 Å². The van der Waals surface area contributed by atoms with Gasteiger partial charge in [0.1, 0.15) is 0 Å². The lowest BCUT2D eigenvalue weighted by molar-refractivity contribution is -0.385. The van der Waals surface area contributed by atoms with E-state index in [9.17, 15) is 10.1 Å². The highest BCUT2D eigenvalue weighted by molar-refractivity contribution is 5.58. The molecule has 8 heteroatoms. The average molecular weight is 353 g/mol. The number of hydrogen-bond acceptors (Lipinski definition) is 6. The Morgan fingerprint density at radius 3 is 2.62 bits per heavy atom. The summed E-state index contributed by atoms with van der Waals surface area (Å²) in [7, 11) is 1.41. The van der Waals surface area contributed by atoms with Crippen molar-refractivity contribution in [3.05, 3.63) is 69.7 Å². The first kappa shape index (κ1) is 17.4. The van der Waals surface area contributed by atoms with E-state index in [-0.39, 0.29) is 11.4 Å². The number of pyridine rings is 1. The molecule has 0 saturated carbocycles. The molecule has 3 aromatic rings. The number of hydrogen-bond donors (Lipinski definition) is 1. The van der Waals surface area contributed by atoms with Crippen LogP contribution in [0.3, 0.4) is 0 Å². The highest BCUT2D eigenvalue weighted by Crippen LogP contribution is 2.29. The van der Waals surface area contributed by atoms with E-state index < -0.39 is 4.92 Å². The van der Waals surface area contributed by atoms with Crippen LogP contribution in [0.5, 0.6) is 5.75 Å². The molecule has 8 nitrogen and oxygen atoms in total. The van der Waals surface area contributed by atoms with Crippen molar-refractivity contribution in [3.8, 4) is 11.6 Å². The number of nitro benzene ring substituents is 1. The van der Waals surface area contributed by atoms with E-state index in [0.717, 1.165) is 28.5 Å². The molecule has 0 spiro atoms. The maximum Gasteiger partial charge on any atom is 0.311 e. The van der Waals surface area contributed by atoms with E-state index in [1.807, 2.05) is 32.0 Å². The van der Waals surface area contributed by atoms with Crippen molar-refractivity contribution in [3.63, 3.8) is 0 Å². The molecule has 0 bridgehead atoms. The van der Waals surface area contributed by atoms with Gasteiger partial charge in [0.25, 0.3) is 0 Å². The second-order valence-electron chi connectivity index (χ2n) is 5.86. The third kappa shape index (κ3) is 3.64.